The number of amides is 1. The van der Waals surface area contributed by atoms with Crippen molar-refractivity contribution >= 4 is 21.8 Å². The van der Waals surface area contributed by atoms with E-state index in [1.807, 2.05) is 19.1 Å². The molecule has 0 bridgehead atoms. The first kappa shape index (κ1) is 13.2. The molecule has 3 nitrogen and oxygen atoms in total. The van der Waals surface area contributed by atoms with Gasteiger partial charge in [-0.15, -0.1) is 0 Å². The van der Waals surface area contributed by atoms with Crippen LogP contribution in [0.1, 0.15) is 30.0 Å². The Morgan fingerprint density at radius 1 is 1.50 bits per heavy atom. The van der Waals surface area contributed by atoms with Crippen LogP contribution < -0.4 is 5.32 Å². The molecule has 0 aliphatic heterocycles. The van der Waals surface area contributed by atoms with Crippen molar-refractivity contribution in [1.82, 2.24) is 10.3 Å². The van der Waals surface area contributed by atoms with E-state index in [0.717, 1.165) is 5.69 Å². The summed E-state index contributed by atoms with van der Waals surface area (Å²) < 4.78 is 0. The standard InChI is InChI=1S/C12H17BrN2O/c1-8(2)10(13)7-14-12(16)11-6-4-5-9(3)15-11/h4-6,8,10H,7H2,1-3H3,(H,14,16). The zero-order chi connectivity index (χ0) is 12.1. The summed E-state index contributed by atoms with van der Waals surface area (Å²) in [6.07, 6.45) is 0. The van der Waals surface area contributed by atoms with E-state index in [1.54, 1.807) is 6.07 Å². The molecule has 0 fully saturated rings. The SMILES string of the molecule is Cc1cccc(C(=O)NCC(Br)C(C)C)n1. The van der Waals surface area contributed by atoms with Crippen molar-refractivity contribution in [2.45, 2.75) is 25.6 Å². The third-order valence-corrected chi connectivity index (χ3v) is 3.68. The van der Waals surface area contributed by atoms with Crippen molar-refractivity contribution in [3.05, 3.63) is 29.6 Å². The third-order valence-electron chi connectivity index (χ3n) is 2.30. The molecule has 1 aromatic rings. The van der Waals surface area contributed by atoms with Crippen molar-refractivity contribution in [2.24, 2.45) is 5.92 Å². The van der Waals surface area contributed by atoms with Gasteiger partial charge in [0.05, 0.1) is 0 Å². The van der Waals surface area contributed by atoms with Crippen molar-refractivity contribution in [3.8, 4) is 0 Å². The van der Waals surface area contributed by atoms with Gasteiger partial charge in [0.2, 0.25) is 0 Å². The number of hydrogen-bond acceptors (Lipinski definition) is 2. The number of nitrogens with one attached hydrogen (secondary N) is 1. The minimum atomic E-state index is -0.117. The molecule has 0 aromatic carbocycles. The number of pyridine rings is 1. The lowest BCUT2D eigenvalue weighted by molar-refractivity contribution is 0.0947. The van der Waals surface area contributed by atoms with Crippen LogP contribution >= 0.6 is 15.9 Å². The molecule has 1 heterocycles. The van der Waals surface area contributed by atoms with E-state index in [0.29, 0.717) is 23.0 Å². The molecule has 1 unspecified atom stereocenters. The van der Waals surface area contributed by atoms with E-state index in [-0.39, 0.29) is 5.91 Å². The van der Waals surface area contributed by atoms with Gasteiger partial charge in [0.25, 0.3) is 5.91 Å². The maximum atomic E-state index is 11.7. The normalized spacial score (nSPS) is 12.6. The maximum absolute atomic E-state index is 11.7. The molecule has 1 aromatic heterocycles. The van der Waals surface area contributed by atoms with E-state index in [4.69, 9.17) is 0 Å². The van der Waals surface area contributed by atoms with Crippen LogP contribution in [-0.4, -0.2) is 22.3 Å². The first-order chi connectivity index (χ1) is 7.50. The number of alkyl halides is 1. The number of hydrogen-bond donors (Lipinski definition) is 1. The lowest BCUT2D eigenvalue weighted by Crippen LogP contribution is -2.32. The summed E-state index contributed by atoms with van der Waals surface area (Å²) in [5.41, 5.74) is 1.33. The first-order valence-corrected chi connectivity index (χ1v) is 6.28. The summed E-state index contributed by atoms with van der Waals surface area (Å²) in [7, 11) is 0. The lowest BCUT2D eigenvalue weighted by atomic mass is 10.1. The summed E-state index contributed by atoms with van der Waals surface area (Å²) in [6, 6.07) is 5.43. The number of rotatable bonds is 4. The first-order valence-electron chi connectivity index (χ1n) is 5.36. The van der Waals surface area contributed by atoms with Crippen LogP contribution in [0.2, 0.25) is 0 Å². The Labute approximate surface area is 105 Å². The maximum Gasteiger partial charge on any atom is 0.269 e. The molecule has 0 saturated carbocycles. The Bertz CT molecular complexity index is 366. The summed E-state index contributed by atoms with van der Waals surface area (Å²) in [5.74, 6) is 0.375. The zero-order valence-electron chi connectivity index (χ0n) is 9.83. The van der Waals surface area contributed by atoms with Crippen LogP contribution in [0.25, 0.3) is 0 Å². The molecule has 1 rings (SSSR count). The van der Waals surface area contributed by atoms with Gasteiger partial charge in [0.15, 0.2) is 0 Å². The van der Waals surface area contributed by atoms with Crippen LogP contribution in [0.15, 0.2) is 18.2 Å². The number of aromatic nitrogens is 1. The predicted octanol–water partition coefficient (Wildman–Crippen LogP) is 2.54. The van der Waals surface area contributed by atoms with Crippen LogP contribution in [0.5, 0.6) is 0 Å². The van der Waals surface area contributed by atoms with Gasteiger partial charge >= 0.3 is 0 Å². The lowest BCUT2D eigenvalue weighted by Gasteiger charge is -2.14. The van der Waals surface area contributed by atoms with Gasteiger partial charge in [0, 0.05) is 17.1 Å². The summed E-state index contributed by atoms with van der Waals surface area (Å²) >= 11 is 3.52. The Morgan fingerprint density at radius 3 is 2.75 bits per heavy atom. The number of aryl methyl sites for hydroxylation is 1. The average molecular weight is 285 g/mol. The van der Waals surface area contributed by atoms with Crippen molar-refractivity contribution in [1.29, 1.82) is 0 Å². The smallest absolute Gasteiger partial charge is 0.269 e. The van der Waals surface area contributed by atoms with E-state index in [1.165, 1.54) is 0 Å². The van der Waals surface area contributed by atoms with E-state index < -0.39 is 0 Å². The summed E-state index contributed by atoms with van der Waals surface area (Å²) in [4.78, 5) is 16.2. The van der Waals surface area contributed by atoms with Gasteiger partial charge in [-0.2, -0.15) is 0 Å². The highest BCUT2D eigenvalue weighted by Crippen LogP contribution is 2.10. The molecule has 16 heavy (non-hydrogen) atoms. The molecular weight excluding hydrogens is 268 g/mol. The zero-order valence-corrected chi connectivity index (χ0v) is 11.4. The second-order valence-electron chi connectivity index (χ2n) is 4.13. The topological polar surface area (TPSA) is 42.0 Å². The van der Waals surface area contributed by atoms with E-state index in [2.05, 4.69) is 40.1 Å². The van der Waals surface area contributed by atoms with Gasteiger partial charge in [-0.3, -0.25) is 4.79 Å². The minimum absolute atomic E-state index is 0.117. The molecule has 0 spiro atoms. The highest BCUT2D eigenvalue weighted by molar-refractivity contribution is 9.09. The highest BCUT2D eigenvalue weighted by Gasteiger charge is 2.12. The fourth-order valence-electron chi connectivity index (χ4n) is 1.19. The van der Waals surface area contributed by atoms with Crippen LogP contribution in [0.3, 0.4) is 0 Å². The van der Waals surface area contributed by atoms with Gasteiger partial charge in [-0.25, -0.2) is 4.98 Å². The molecular formula is C12H17BrN2O. The fourth-order valence-corrected chi connectivity index (χ4v) is 1.35. The van der Waals surface area contributed by atoms with Gasteiger partial charge in [0.1, 0.15) is 5.69 Å². The van der Waals surface area contributed by atoms with E-state index >= 15 is 0 Å². The monoisotopic (exact) mass is 284 g/mol. The Balaban J connectivity index is 2.53. The molecule has 0 aliphatic rings. The fraction of sp³-hybridized carbons (Fsp3) is 0.500. The van der Waals surface area contributed by atoms with Gasteiger partial charge in [-0.05, 0) is 25.0 Å². The molecule has 0 saturated heterocycles. The molecule has 88 valence electrons. The van der Waals surface area contributed by atoms with Crippen molar-refractivity contribution < 1.29 is 4.79 Å². The van der Waals surface area contributed by atoms with E-state index in [9.17, 15) is 4.79 Å². The predicted molar refractivity (Wildman–Crippen MR) is 68.9 cm³/mol. The quantitative estimate of drug-likeness (QED) is 0.864. The molecule has 1 atom stereocenters. The highest BCUT2D eigenvalue weighted by atomic mass is 79.9. The average Bonchev–Trinajstić information content (AvgIpc) is 2.25. The molecule has 0 radical (unpaired) electrons. The van der Waals surface area contributed by atoms with Crippen LogP contribution in [0, 0.1) is 12.8 Å². The Morgan fingerprint density at radius 2 is 2.19 bits per heavy atom. The minimum Gasteiger partial charge on any atom is -0.350 e. The number of nitrogens with zero attached hydrogens (tertiary/aromatic N) is 1. The second kappa shape index (κ2) is 5.99. The summed E-state index contributed by atoms with van der Waals surface area (Å²) in [5, 5.41) is 2.86. The van der Waals surface area contributed by atoms with Crippen molar-refractivity contribution in [3.63, 3.8) is 0 Å². The largest absolute Gasteiger partial charge is 0.350 e. The molecule has 4 heteroatoms. The molecule has 1 N–H and O–H groups in total. The number of carbonyl (C=O) groups is 1. The Hall–Kier alpha value is -0.900. The third kappa shape index (κ3) is 3.93. The second-order valence-corrected chi connectivity index (χ2v) is 5.31. The van der Waals surface area contributed by atoms with Crippen molar-refractivity contribution in [2.75, 3.05) is 6.54 Å². The van der Waals surface area contributed by atoms with Gasteiger partial charge < -0.3 is 5.32 Å². The Kier molecular flexibility index (Phi) is 4.93. The number of halogens is 1. The van der Waals surface area contributed by atoms with Crippen LogP contribution in [0.4, 0.5) is 0 Å². The van der Waals surface area contributed by atoms with Crippen LogP contribution in [-0.2, 0) is 0 Å². The molecule has 0 aliphatic carbocycles. The number of carbonyl (C=O) groups excluding carboxylic acids is 1. The summed E-state index contributed by atoms with van der Waals surface area (Å²) in [6.45, 7) is 6.71. The molecule has 1 amide bonds. The van der Waals surface area contributed by atoms with Gasteiger partial charge in [-0.1, -0.05) is 35.8 Å².